The normalized spacial score (nSPS) is 26.8. The number of rotatable bonds is 2. The van der Waals surface area contributed by atoms with E-state index >= 15 is 0 Å². The Hall–Kier alpha value is -1.40. The Balaban J connectivity index is 1.87. The maximum atomic E-state index is 10.7. The van der Waals surface area contributed by atoms with Crippen LogP contribution >= 0.6 is 11.8 Å². The summed E-state index contributed by atoms with van der Waals surface area (Å²) in [5.41, 5.74) is 3.26. The van der Waals surface area contributed by atoms with Crippen LogP contribution in [-0.4, -0.2) is 32.1 Å². The monoisotopic (exact) mass is 317 g/mol. The van der Waals surface area contributed by atoms with Crippen LogP contribution in [-0.2, 0) is 12.8 Å². The van der Waals surface area contributed by atoms with Gasteiger partial charge in [-0.15, -0.1) is 0 Å². The van der Waals surface area contributed by atoms with Crippen LogP contribution in [0, 0.1) is 0 Å². The van der Waals surface area contributed by atoms with Crippen molar-refractivity contribution in [1.29, 1.82) is 0 Å². The molecule has 116 valence electrons. The zero-order valence-electron chi connectivity index (χ0n) is 12.8. The van der Waals surface area contributed by atoms with Crippen molar-refractivity contribution >= 4 is 11.8 Å². The van der Waals surface area contributed by atoms with Crippen molar-refractivity contribution in [3.63, 3.8) is 0 Å². The molecule has 5 nitrogen and oxygen atoms in total. The molecule has 4 rings (SSSR count). The van der Waals surface area contributed by atoms with Gasteiger partial charge in [0.2, 0.25) is 0 Å². The van der Waals surface area contributed by atoms with Gasteiger partial charge in [0.25, 0.3) is 0 Å². The number of thioether (sulfide) groups is 1. The highest BCUT2D eigenvalue weighted by atomic mass is 32.2. The fraction of sp³-hybridized carbons (Fsp3) is 0.562. The van der Waals surface area contributed by atoms with Crippen LogP contribution in [0.2, 0.25) is 0 Å². The minimum Gasteiger partial charge on any atom is -0.389 e. The molecule has 22 heavy (non-hydrogen) atoms. The van der Waals surface area contributed by atoms with Gasteiger partial charge >= 0.3 is 0 Å². The Morgan fingerprint density at radius 2 is 2.27 bits per heavy atom. The van der Waals surface area contributed by atoms with Gasteiger partial charge in [0.15, 0.2) is 5.16 Å². The minimum absolute atomic E-state index is 0.0265. The summed E-state index contributed by atoms with van der Waals surface area (Å²) in [4.78, 5) is 9.07. The molecule has 0 amide bonds. The highest BCUT2D eigenvalue weighted by molar-refractivity contribution is 7.98. The number of fused-ring (bicyclic) bond motifs is 3. The summed E-state index contributed by atoms with van der Waals surface area (Å²) in [5, 5.41) is 15.7. The van der Waals surface area contributed by atoms with Crippen LogP contribution in [0.1, 0.15) is 49.1 Å². The van der Waals surface area contributed by atoms with Crippen LogP contribution in [0.4, 0.5) is 0 Å². The number of aromatic nitrogens is 3. The molecule has 2 aliphatic rings. The molecule has 0 aliphatic heterocycles. The van der Waals surface area contributed by atoms with Crippen molar-refractivity contribution in [2.24, 2.45) is 0 Å². The van der Waals surface area contributed by atoms with Gasteiger partial charge in [-0.2, -0.15) is 0 Å². The van der Waals surface area contributed by atoms with E-state index in [9.17, 15) is 5.11 Å². The van der Waals surface area contributed by atoms with E-state index in [2.05, 4.69) is 10.1 Å². The molecule has 0 radical (unpaired) electrons. The van der Waals surface area contributed by atoms with E-state index in [0.29, 0.717) is 0 Å². The Bertz CT molecular complexity index is 726. The van der Waals surface area contributed by atoms with Crippen molar-refractivity contribution in [3.8, 4) is 11.3 Å². The summed E-state index contributed by atoms with van der Waals surface area (Å²) in [6, 6.07) is 0. The molecule has 6 heteroatoms. The molecule has 0 unspecified atom stereocenters. The highest BCUT2D eigenvalue weighted by Gasteiger charge is 2.42. The third-order valence-corrected chi connectivity index (χ3v) is 5.49. The summed E-state index contributed by atoms with van der Waals surface area (Å²) in [7, 11) is 0. The van der Waals surface area contributed by atoms with Gasteiger partial charge in [-0.1, -0.05) is 16.9 Å². The molecule has 2 aliphatic carbocycles. The molecule has 1 saturated carbocycles. The Morgan fingerprint density at radius 3 is 3.00 bits per heavy atom. The molecule has 0 bridgehead atoms. The first-order chi connectivity index (χ1) is 10.6. The number of aliphatic hydroxyl groups is 1. The Labute approximate surface area is 133 Å². The summed E-state index contributed by atoms with van der Waals surface area (Å²) in [6.45, 7) is 1.91. The van der Waals surface area contributed by atoms with Crippen molar-refractivity contribution in [2.75, 3.05) is 6.26 Å². The van der Waals surface area contributed by atoms with E-state index in [1.807, 2.05) is 19.4 Å². The third kappa shape index (κ3) is 2.08. The van der Waals surface area contributed by atoms with Gasteiger partial charge in [-0.05, 0) is 44.4 Å². The second-order valence-corrected chi connectivity index (χ2v) is 7.17. The van der Waals surface area contributed by atoms with Crippen molar-refractivity contribution in [1.82, 2.24) is 15.1 Å². The van der Waals surface area contributed by atoms with Gasteiger partial charge in [-0.25, -0.2) is 9.97 Å². The van der Waals surface area contributed by atoms with E-state index < -0.39 is 5.60 Å². The number of hydrogen-bond acceptors (Lipinski definition) is 6. The molecular formula is C16H19N3O2S. The predicted octanol–water partition coefficient (Wildman–Crippen LogP) is 2.97. The maximum Gasteiger partial charge on any atom is 0.187 e. The molecule has 2 atom stereocenters. The molecule has 1 N–H and O–H groups in total. The average molecular weight is 317 g/mol. The van der Waals surface area contributed by atoms with Crippen molar-refractivity contribution in [2.45, 2.75) is 55.7 Å². The largest absolute Gasteiger partial charge is 0.389 e. The van der Waals surface area contributed by atoms with Crippen molar-refractivity contribution < 1.29 is 9.63 Å². The molecule has 0 spiro atoms. The number of hydrogen-bond donors (Lipinski definition) is 1. The van der Waals surface area contributed by atoms with E-state index in [0.717, 1.165) is 65.5 Å². The third-order valence-electron chi connectivity index (χ3n) is 4.93. The predicted molar refractivity (Wildman–Crippen MR) is 83.9 cm³/mol. The lowest BCUT2D eigenvalue weighted by molar-refractivity contribution is 0.0476. The second-order valence-electron chi connectivity index (χ2n) is 6.40. The molecule has 1 fully saturated rings. The molecule has 0 aromatic carbocycles. The van der Waals surface area contributed by atoms with Crippen molar-refractivity contribution in [3.05, 3.63) is 23.2 Å². The first-order valence-electron chi connectivity index (χ1n) is 7.71. The minimum atomic E-state index is -0.711. The summed E-state index contributed by atoms with van der Waals surface area (Å²) >= 11 is 1.53. The lowest BCUT2D eigenvalue weighted by Crippen LogP contribution is -2.28. The van der Waals surface area contributed by atoms with Gasteiger partial charge in [0.1, 0.15) is 5.76 Å². The molecule has 2 heterocycles. The Kier molecular flexibility index (Phi) is 3.27. The van der Waals surface area contributed by atoms with Gasteiger partial charge < -0.3 is 9.63 Å². The van der Waals surface area contributed by atoms with E-state index in [1.54, 1.807) is 0 Å². The van der Waals surface area contributed by atoms with E-state index in [4.69, 9.17) is 9.51 Å². The molecular weight excluding hydrogens is 298 g/mol. The first-order valence-corrected chi connectivity index (χ1v) is 8.93. The van der Waals surface area contributed by atoms with Crippen LogP contribution in [0.15, 0.2) is 15.9 Å². The zero-order valence-corrected chi connectivity index (χ0v) is 13.6. The van der Waals surface area contributed by atoms with E-state index in [1.165, 1.54) is 11.8 Å². The summed E-state index contributed by atoms with van der Waals surface area (Å²) in [6.07, 6.45) is 8.38. The zero-order chi connectivity index (χ0) is 15.3. The summed E-state index contributed by atoms with van der Waals surface area (Å²) in [5.74, 6) is 0.926. The van der Waals surface area contributed by atoms with Crippen LogP contribution < -0.4 is 0 Å². The van der Waals surface area contributed by atoms with Crippen LogP contribution in [0.5, 0.6) is 0 Å². The quantitative estimate of drug-likeness (QED) is 0.678. The van der Waals surface area contributed by atoms with E-state index in [-0.39, 0.29) is 5.92 Å². The van der Waals surface area contributed by atoms with Crippen LogP contribution in [0.3, 0.4) is 0 Å². The second kappa shape index (κ2) is 5.06. The van der Waals surface area contributed by atoms with Gasteiger partial charge in [0, 0.05) is 18.5 Å². The number of nitrogens with zero attached hydrogens (tertiary/aromatic N) is 3. The average Bonchev–Trinajstić information content (AvgIpc) is 3.09. The molecule has 2 aromatic rings. The lowest BCUT2D eigenvalue weighted by Gasteiger charge is -2.25. The van der Waals surface area contributed by atoms with Gasteiger partial charge in [0.05, 0.1) is 22.6 Å². The van der Waals surface area contributed by atoms with Gasteiger partial charge in [-0.3, -0.25) is 0 Å². The summed E-state index contributed by atoms with van der Waals surface area (Å²) < 4.78 is 5.59. The fourth-order valence-electron chi connectivity index (χ4n) is 3.72. The standard InChI is InChI=1S/C16H19N3O2S/c1-16(20)7-3-4-10(16)14-12-11(21-19-14)6-5-9-8-17-15(22-2)18-13(9)12/h8,10,20H,3-7H2,1-2H3/t10-,16+/m0/s1. The first kappa shape index (κ1) is 14.2. The smallest absolute Gasteiger partial charge is 0.187 e. The highest BCUT2D eigenvalue weighted by Crippen LogP contribution is 2.47. The maximum absolute atomic E-state index is 10.7. The lowest BCUT2D eigenvalue weighted by atomic mass is 9.84. The van der Waals surface area contributed by atoms with Crippen LogP contribution in [0.25, 0.3) is 11.3 Å². The topological polar surface area (TPSA) is 72.0 Å². The number of aryl methyl sites for hydroxylation is 2. The molecule has 2 aromatic heterocycles. The fourth-order valence-corrected chi connectivity index (χ4v) is 4.06. The SMILES string of the molecule is CSc1ncc2c(n1)-c1c([C@@H]3CCC[C@@]3(C)O)noc1CC2. The Morgan fingerprint density at radius 1 is 1.41 bits per heavy atom. The molecule has 0 saturated heterocycles.